The van der Waals surface area contributed by atoms with Crippen molar-refractivity contribution in [3.8, 4) is 0 Å². The number of carbonyl (C=O) groups is 1. The minimum Gasteiger partial charge on any atom is -0.398 e. The fraction of sp³-hybridized carbons (Fsp3) is 0.562. The number of aliphatic hydroxyl groups is 1. The van der Waals surface area contributed by atoms with Gasteiger partial charge in [-0.25, -0.2) is 0 Å². The second-order valence-electron chi connectivity index (χ2n) is 5.75. The molecule has 1 aliphatic heterocycles. The molecule has 0 bridgehead atoms. The highest BCUT2D eigenvalue weighted by Gasteiger charge is 2.25. The number of benzene rings is 1. The number of rotatable bonds is 6. The molecule has 0 aromatic heterocycles. The van der Waals surface area contributed by atoms with Crippen molar-refractivity contribution in [3.05, 3.63) is 23.8 Å². The van der Waals surface area contributed by atoms with Crippen LogP contribution in [0.5, 0.6) is 0 Å². The molecule has 1 aliphatic rings. The van der Waals surface area contributed by atoms with Gasteiger partial charge in [0.2, 0.25) is 5.91 Å². The largest absolute Gasteiger partial charge is 0.398 e. The summed E-state index contributed by atoms with van der Waals surface area (Å²) in [7, 11) is 0. The van der Waals surface area contributed by atoms with Crippen molar-refractivity contribution in [1.82, 2.24) is 4.90 Å². The standard InChI is InChI=1S/C16H25N3O2/c1-12-6-7-13(10-15(12)17)18-16(21)11-19-8-2-4-14(19)5-3-9-20/h6-7,10,14,20H,2-5,8-9,11,17H2,1H3,(H,18,21). The van der Waals surface area contributed by atoms with Crippen molar-refractivity contribution >= 4 is 17.3 Å². The summed E-state index contributed by atoms with van der Waals surface area (Å²) in [5.41, 5.74) is 8.30. The van der Waals surface area contributed by atoms with Crippen molar-refractivity contribution < 1.29 is 9.90 Å². The van der Waals surface area contributed by atoms with Crippen molar-refractivity contribution in [2.45, 2.75) is 38.6 Å². The van der Waals surface area contributed by atoms with Crippen LogP contribution in [0.25, 0.3) is 0 Å². The van der Waals surface area contributed by atoms with Crippen LogP contribution in [0.2, 0.25) is 0 Å². The Labute approximate surface area is 126 Å². The maximum Gasteiger partial charge on any atom is 0.238 e. The maximum absolute atomic E-state index is 12.1. The van der Waals surface area contributed by atoms with Crippen molar-refractivity contribution in [2.75, 3.05) is 30.7 Å². The second kappa shape index (κ2) is 7.43. The Morgan fingerprint density at radius 1 is 1.52 bits per heavy atom. The van der Waals surface area contributed by atoms with E-state index in [1.54, 1.807) is 6.07 Å². The summed E-state index contributed by atoms with van der Waals surface area (Å²) in [6.07, 6.45) is 4.00. The molecule has 0 aliphatic carbocycles. The monoisotopic (exact) mass is 291 g/mol. The number of hydrogen-bond donors (Lipinski definition) is 3. The lowest BCUT2D eigenvalue weighted by molar-refractivity contribution is -0.117. The van der Waals surface area contributed by atoms with Gasteiger partial charge in [-0.2, -0.15) is 0 Å². The molecule has 1 saturated heterocycles. The summed E-state index contributed by atoms with van der Waals surface area (Å²) in [5, 5.41) is 11.8. The van der Waals surface area contributed by atoms with Crippen LogP contribution < -0.4 is 11.1 Å². The molecule has 0 spiro atoms. The molecular weight excluding hydrogens is 266 g/mol. The zero-order valence-electron chi connectivity index (χ0n) is 12.6. The molecule has 116 valence electrons. The second-order valence-corrected chi connectivity index (χ2v) is 5.75. The van der Waals surface area contributed by atoms with Gasteiger partial charge in [-0.05, 0) is 56.8 Å². The van der Waals surface area contributed by atoms with E-state index in [1.165, 1.54) is 0 Å². The van der Waals surface area contributed by atoms with E-state index in [1.807, 2.05) is 19.1 Å². The third-order valence-corrected chi connectivity index (χ3v) is 4.10. The van der Waals surface area contributed by atoms with E-state index < -0.39 is 0 Å². The quantitative estimate of drug-likeness (QED) is 0.698. The van der Waals surface area contributed by atoms with Gasteiger partial charge < -0.3 is 16.2 Å². The third-order valence-electron chi connectivity index (χ3n) is 4.10. The SMILES string of the molecule is Cc1ccc(NC(=O)CN2CCCC2CCCO)cc1N. The number of carbonyl (C=O) groups excluding carboxylic acids is 1. The molecule has 1 unspecified atom stereocenters. The molecule has 21 heavy (non-hydrogen) atoms. The van der Waals surface area contributed by atoms with Gasteiger partial charge in [0.05, 0.1) is 6.54 Å². The van der Waals surface area contributed by atoms with Crippen LogP contribution in [0, 0.1) is 6.92 Å². The van der Waals surface area contributed by atoms with Crippen LogP contribution in [-0.4, -0.2) is 41.7 Å². The van der Waals surface area contributed by atoms with E-state index >= 15 is 0 Å². The molecule has 5 nitrogen and oxygen atoms in total. The van der Waals surface area contributed by atoms with Crippen LogP contribution in [-0.2, 0) is 4.79 Å². The summed E-state index contributed by atoms with van der Waals surface area (Å²) in [4.78, 5) is 14.4. The number of anilines is 2. The average Bonchev–Trinajstić information content (AvgIpc) is 2.87. The first-order valence-corrected chi connectivity index (χ1v) is 7.61. The molecule has 1 atom stereocenters. The van der Waals surface area contributed by atoms with E-state index in [0.717, 1.165) is 43.5 Å². The molecule has 1 aromatic carbocycles. The average molecular weight is 291 g/mol. The van der Waals surface area contributed by atoms with Crippen molar-refractivity contribution in [1.29, 1.82) is 0 Å². The van der Waals surface area contributed by atoms with E-state index in [0.29, 0.717) is 18.3 Å². The molecule has 1 amide bonds. The van der Waals surface area contributed by atoms with Gasteiger partial charge in [0.25, 0.3) is 0 Å². The zero-order chi connectivity index (χ0) is 15.2. The molecule has 1 fully saturated rings. The topological polar surface area (TPSA) is 78.6 Å². The van der Waals surface area contributed by atoms with Crippen LogP contribution in [0.3, 0.4) is 0 Å². The maximum atomic E-state index is 12.1. The number of amides is 1. The van der Waals surface area contributed by atoms with E-state index in [4.69, 9.17) is 10.8 Å². The first-order valence-electron chi connectivity index (χ1n) is 7.61. The van der Waals surface area contributed by atoms with E-state index in [9.17, 15) is 4.79 Å². The summed E-state index contributed by atoms with van der Waals surface area (Å²) in [5.74, 6) is -0.00542. The molecule has 0 saturated carbocycles. The Balaban J connectivity index is 1.87. The third kappa shape index (κ3) is 4.44. The van der Waals surface area contributed by atoms with E-state index in [-0.39, 0.29) is 12.5 Å². The van der Waals surface area contributed by atoms with Crippen molar-refractivity contribution in [3.63, 3.8) is 0 Å². The van der Waals surface area contributed by atoms with Crippen molar-refractivity contribution in [2.24, 2.45) is 0 Å². The van der Waals surface area contributed by atoms with Gasteiger partial charge in [-0.15, -0.1) is 0 Å². The fourth-order valence-electron chi connectivity index (χ4n) is 2.86. The minimum atomic E-state index is -0.00542. The van der Waals surface area contributed by atoms with Gasteiger partial charge in [-0.1, -0.05) is 6.07 Å². The Bertz CT molecular complexity index is 490. The minimum absolute atomic E-state index is 0.00542. The predicted molar refractivity (Wildman–Crippen MR) is 85.1 cm³/mol. The number of nitrogens with two attached hydrogens (primary N) is 1. The summed E-state index contributed by atoms with van der Waals surface area (Å²) >= 11 is 0. The molecule has 1 aromatic rings. The Morgan fingerprint density at radius 3 is 3.05 bits per heavy atom. The molecule has 2 rings (SSSR count). The first-order chi connectivity index (χ1) is 10.1. The van der Waals surface area contributed by atoms with Crippen LogP contribution in [0.1, 0.15) is 31.2 Å². The summed E-state index contributed by atoms with van der Waals surface area (Å²) in [6.45, 7) is 3.53. The summed E-state index contributed by atoms with van der Waals surface area (Å²) in [6, 6.07) is 5.99. The molecule has 0 radical (unpaired) electrons. The highest BCUT2D eigenvalue weighted by molar-refractivity contribution is 5.92. The highest BCUT2D eigenvalue weighted by atomic mass is 16.3. The molecule has 5 heteroatoms. The van der Waals surface area contributed by atoms with Crippen LogP contribution >= 0.6 is 0 Å². The predicted octanol–water partition coefficient (Wildman–Crippen LogP) is 1.75. The van der Waals surface area contributed by atoms with E-state index in [2.05, 4.69) is 10.2 Å². The number of nitrogens with zero attached hydrogens (tertiary/aromatic N) is 1. The fourth-order valence-corrected chi connectivity index (χ4v) is 2.86. The number of aryl methyl sites for hydroxylation is 1. The Kier molecular flexibility index (Phi) is 5.59. The van der Waals surface area contributed by atoms with Crippen LogP contribution in [0.15, 0.2) is 18.2 Å². The van der Waals surface area contributed by atoms with Gasteiger partial charge in [0, 0.05) is 24.0 Å². The Hall–Kier alpha value is -1.59. The number of hydrogen-bond acceptors (Lipinski definition) is 4. The normalized spacial score (nSPS) is 18.9. The number of nitrogen functional groups attached to an aromatic ring is 1. The van der Waals surface area contributed by atoms with Gasteiger partial charge in [0.1, 0.15) is 0 Å². The lowest BCUT2D eigenvalue weighted by Crippen LogP contribution is -2.36. The van der Waals surface area contributed by atoms with Gasteiger partial charge in [0.15, 0.2) is 0 Å². The molecular formula is C16H25N3O2. The molecule has 4 N–H and O–H groups in total. The first kappa shape index (κ1) is 15.8. The Morgan fingerprint density at radius 2 is 2.33 bits per heavy atom. The lowest BCUT2D eigenvalue weighted by Gasteiger charge is -2.23. The van der Waals surface area contributed by atoms with Crippen LogP contribution in [0.4, 0.5) is 11.4 Å². The number of aliphatic hydroxyl groups excluding tert-OH is 1. The smallest absolute Gasteiger partial charge is 0.238 e. The highest BCUT2D eigenvalue weighted by Crippen LogP contribution is 2.21. The summed E-state index contributed by atoms with van der Waals surface area (Å²) < 4.78 is 0. The zero-order valence-corrected chi connectivity index (χ0v) is 12.6. The van der Waals surface area contributed by atoms with Gasteiger partial charge in [-0.3, -0.25) is 9.69 Å². The lowest BCUT2D eigenvalue weighted by atomic mass is 10.1. The van der Waals surface area contributed by atoms with Gasteiger partial charge >= 0.3 is 0 Å². The number of likely N-dealkylation sites (tertiary alicyclic amines) is 1. The number of nitrogens with one attached hydrogen (secondary N) is 1. The molecule has 1 heterocycles.